The SMILES string of the molecule is Bc1c(C(C)(C)C)sc2c1Oc1c(B)c(OC(F)(F)F)c(B)c3c1B2c1c(c(B)c2oc4c(c2c1B)C(C)(C)CC4(C)C)N3c1c(B)c(B)c(C(C)(C)C)c(B)c1B. The number of alkyl halides is 3. The van der Waals surface area contributed by atoms with Crippen LogP contribution in [0.15, 0.2) is 4.42 Å². The Morgan fingerprint density at radius 2 is 1.22 bits per heavy atom. The minimum absolute atomic E-state index is 0.126. The average molecular weight is 790 g/mol. The van der Waals surface area contributed by atoms with Crippen molar-refractivity contribution in [2.24, 2.45) is 0 Å². The molecule has 2 aromatic heterocycles. The zero-order chi connectivity index (χ0) is 43.0. The molecule has 4 heterocycles. The van der Waals surface area contributed by atoms with Crippen molar-refractivity contribution in [3.63, 3.8) is 0 Å². The Balaban J connectivity index is 1.64. The minimum Gasteiger partial charge on any atom is -0.461 e. The Labute approximate surface area is 354 Å². The average Bonchev–Trinajstić information content (AvgIpc) is 3.71. The van der Waals surface area contributed by atoms with Crippen LogP contribution in [0.25, 0.3) is 11.0 Å². The molecule has 4 nitrogen and oxygen atoms in total. The number of furan rings is 1. The van der Waals surface area contributed by atoms with Crippen molar-refractivity contribution >= 4 is 182 Å². The molecule has 3 aromatic carbocycles. The summed E-state index contributed by atoms with van der Waals surface area (Å²) in [5.41, 5.74) is 15.9. The van der Waals surface area contributed by atoms with Crippen LogP contribution in [0.1, 0.15) is 97.4 Å². The van der Waals surface area contributed by atoms with E-state index in [1.54, 1.807) is 27.0 Å². The van der Waals surface area contributed by atoms with Gasteiger partial charge in [-0.25, -0.2) is 0 Å². The quantitative estimate of drug-likeness (QED) is 0.164. The van der Waals surface area contributed by atoms with E-state index in [0.717, 1.165) is 77.9 Å². The number of thiophene rings is 1. The number of benzene rings is 3. The lowest BCUT2D eigenvalue weighted by atomic mass is 9.34. The first kappa shape index (κ1) is 41.5. The zero-order valence-corrected chi connectivity index (χ0v) is 38.8. The molecule has 1 aliphatic carbocycles. The van der Waals surface area contributed by atoms with E-state index < -0.39 is 6.36 Å². The number of halogens is 3. The van der Waals surface area contributed by atoms with Crippen LogP contribution in [0.4, 0.5) is 30.2 Å². The molecule has 8 rings (SSSR count). The summed E-state index contributed by atoms with van der Waals surface area (Å²) < 4.78 is 64.0. The minimum atomic E-state index is -4.91. The molecule has 290 valence electrons. The summed E-state index contributed by atoms with van der Waals surface area (Å²) in [5, 5.41) is 1.17. The maximum atomic E-state index is 14.6. The molecule has 0 unspecified atom stereocenters. The van der Waals surface area contributed by atoms with Gasteiger partial charge in [-0.2, -0.15) is 11.3 Å². The Morgan fingerprint density at radius 3 is 1.76 bits per heavy atom. The first-order valence-electron chi connectivity index (χ1n) is 20.7. The Hall–Kier alpha value is -3.26. The maximum absolute atomic E-state index is 14.6. The van der Waals surface area contributed by atoms with Gasteiger partial charge in [-0.3, -0.25) is 0 Å². The molecule has 0 bridgehead atoms. The van der Waals surface area contributed by atoms with Gasteiger partial charge in [-0.1, -0.05) is 102 Å². The van der Waals surface area contributed by atoms with Crippen LogP contribution in [-0.4, -0.2) is 83.7 Å². The topological polar surface area (TPSA) is 34.8 Å². The lowest BCUT2D eigenvalue weighted by Gasteiger charge is -2.45. The summed E-state index contributed by atoms with van der Waals surface area (Å²) in [6.07, 6.45) is -3.94. The van der Waals surface area contributed by atoms with Crippen molar-refractivity contribution in [1.29, 1.82) is 0 Å². The highest BCUT2D eigenvalue weighted by molar-refractivity contribution is 7.30. The van der Waals surface area contributed by atoms with E-state index in [9.17, 15) is 13.2 Å². The second kappa shape index (κ2) is 12.4. The molecular weight excluding hydrogens is 740 g/mol. The molecule has 0 saturated carbocycles. The zero-order valence-electron chi connectivity index (χ0n) is 38.0. The van der Waals surface area contributed by atoms with Crippen molar-refractivity contribution in [2.75, 3.05) is 4.90 Å². The lowest BCUT2D eigenvalue weighted by molar-refractivity contribution is -0.273. The monoisotopic (exact) mass is 791 g/mol. The maximum Gasteiger partial charge on any atom is 0.573 e. The van der Waals surface area contributed by atoms with Crippen LogP contribution in [0.3, 0.4) is 0 Å². The fraction of sp³-hybridized carbons (Fsp3) is 0.400. The molecule has 0 spiro atoms. The van der Waals surface area contributed by atoms with Crippen LogP contribution >= 0.6 is 11.3 Å². The van der Waals surface area contributed by atoms with Gasteiger partial charge in [0.05, 0.1) is 0 Å². The van der Waals surface area contributed by atoms with Gasteiger partial charge in [-0.15, -0.1) is 13.2 Å². The van der Waals surface area contributed by atoms with Crippen molar-refractivity contribution < 1.29 is 27.1 Å². The summed E-state index contributed by atoms with van der Waals surface area (Å²) in [4.78, 5) is 3.49. The third-order valence-electron chi connectivity index (χ3n) is 13.8. The van der Waals surface area contributed by atoms with Crippen LogP contribution < -0.4 is 79.2 Å². The smallest absolute Gasteiger partial charge is 0.461 e. The van der Waals surface area contributed by atoms with E-state index in [0.29, 0.717) is 22.4 Å². The molecule has 0 amide bonds. The summed E-state index contributed by atoms with van der Waals surface area (Å²) in [6.45, 7) is 22.3. The van der Waals surface area contributed by atoms with E-state index >= 15 is 0 Å². The number of hydrogen-bond donors (Lipinski definition) is 0. The van der Waals surface area contributed by atoms with E-state index in [2.05, 4.69) is 129 Å². The molecule has 0 saturated heterocycles. The number of hydrogen-bond acceptors (Lipinski definition) is 5. The van der Waals surface area contributed by atoms with Gasteiger partial charge in [0.2, 0.25) is 0 Å². The van der Waals surface area contributed by atoms with Crippen LogP contribution in [0, 0.1) is 0 Å². The molecule has 0 fully saturated rings. The summed E-state index contributed by atoms with van der Waals surface area (Å²) in [7, 11) is 18.7. The lowest BCUT2D eigenvalue weighted by Crippen LogP contribution is -2.67. The second-order valence-electron chi connectivity index (χ2n) is 21.0. The Morgan fingerprint density at radius 1 is 0.655 bits per heavy atom. The molecule has 0 radical (unpaired) electrons. The second-order valence-corrected chi connectivity index (χ2v) is 22.1. The summed E-state index contributed by atoms with van der Waals surface area (Å²) >= 11 is 1.78. The molecule has 5 aromatic rings. The van der Waals surface area contributed by atoms with E-state index in [4.69, 9.17) is 13.9 Å². The number of fused-ring (bicyclic) bond motifs is 7. The normalized spacial score (nSPS) is 16.6. The largest absolute Gasteiger partial charge is 0.573 e. The van der Waals surface area contributed by atoms with Crippen LogP contribution in [0.2, 0.25) is 0 Å². The molecular formula is C40H50B10F3NO3S. The highest BCUT2D eigenvalue weighted by Crippen LogP contribution is 2.53. The molecule has 18 heteroatoms. The highest BCUT2D eigenvalue weighted by atomic mass is 32.1. The number of ether oxygens (including phenoxy) is 2. The molecule has 3 aliphatic rings. The van der Waals surface area contributed by atoms with Gasteiger partial charge < -0.3 is 18.8 Å². The summed E-state index contributed by atoms with van der Waals surface area (Å²) in [5.74, 6) is 2.00. The highest BCUT2D eigenvalue weighted by Gasteiger charge is 2.52. The van der Waals surface area contributed by atoms with E-state index in [1.165, 1.54) is 32.3 Å². The van der Waals surface area contributed by atoms with Crippen molar-refractivity contribution in [2.45, 2.75) is 104 Å². The molecule has 0 N–H and O–H groups in total. The standard InChI is InChI=1S/C40H50B10F3NO3S/c1-36(2,3)14-16(42)18(44)26(19(45)17(14)43)54-27-20(46)29-12(13-33(56-29)39(9,10)11-38(13,7)8)15(41)24(27)50-25-28(54)21(47)30(57-40(51,52)53)22(48)31(25)55-32-23(49)34(37(4,5)6)58-35(32)50/h11,41-49H2,1-10H3. The first-order chi connectivity index (χ1) is 26.4. The van der Waals surface area contributed by atoms with E-state index in [-0.39, 0.29) is 34.1 Å². The third-order valence-corrected chi connectivity index (χ3v) is 15.5. The number of rotatable bonds is 2. The predicted octanol–water partition coefficient (Wildman–Crippen LogP) is -5.32. The van der Waals surface area contributed by atoms with Gasteiger partial charge in [-0.05, 0) is 55.4 Å². The van der Waals surface area contributed by atoms with Gasteiger partial charge in [0, 0.05) is 43.1 Å². The van der Waals surface area contributed by atoms with Crippen molar-refractivity contribution in [3.05, 3.63) is 21.8 Å². The van der Waals surface area contributed by atoms with Crippen LogP contribution in [-0.2, 0) is 21.7 Å². The number of nitrogens with zero attached hydrogens (tertiary/aromatic N) is 1. The molecule has 58 heavy (non-hydrogen) atoms. The molecule has 2 aliphatic heterocycles. The first-order valence-corrected chi connectivity index (χ1v) is 21.5. The van der Waals surface area contributed by atoms with Gasteiger partial charge in [0.25, 0.3) is 6.71 Å². The molecule has 0 atom stereocenters. The van der Waals surface area contributed by atoms with Gasteiger partial charge in [0.1, 0.15) is 99.2 Å². The number of anilines is 3. The van der Waals surface area contributed by atoms with Gasteiger partial charge in [0.15, 0.2) is 0 Å². The fourth-order valence-corrected chi connectivity index (χ4v) is 13.2. The van der Waals surface area contributed by atoms with Crippen molar-refractivity contribution in [1.82, 2.24) is 0 Å². The Kier molecular flexibility index (Phi) is 8.88. The third kappa shape index (κ3) is 5.53. The van der Waals surface area contributed by atoms with E-state index in [1.807, 2.05) is 0 Å². The van der Waals surface area contributed by atoms with Gasteiger partial charge >= 0.3 is 6.36 Å². The Bertz CT molecular complexity index is 2660. The fourth-order valence-electron chi connectivity index (χ4n) is 11.8. The predicted molar refractivity (Wildman–Crippen MR) is 268 cm³/mol. The summed E-state index contributed by atoms with van der Waals surface area (Å²) in [6, 6.07) is 0. The van der Waals surface area contributed by atoms with Crippen LogP contribution in [0.5, 0.6) is 17.2 Å². The van der Waals surface area contributed by atoms with Crippen molar-refractivity contribution in [3.8, 4) is 17.2 Å².